The third-order valence-corrected chi connectivity index (χ3v) is 8.15. The largest absolute Gasteiger partial charge is 0.454 e. The molecule has 0 unspecified atom stereocenters. The van der Waals surface area contributed by atoms with Gasteiger partial charge in [0.15, 0.2) is 23.0 Å². The van der Waals surface area contributed by atoms with E-state index in [1.165, 1.54) is 47.9 Å². The topological polar surface area (TPSA) is 79.4 Å². The first-order valence-corrected chi connectivity index (χ1v) is 13.4. The molecule has 0 spiro atoms. The zero-order chi connectivity index (χ0) is 23.9. The SMILES string of the molecule is c1c2c(cc3c1OCO3)[C@@H]([C@@H]1CCCN1)OCC2.c1c2c(cc3c1OCO3)[C@H]([C@@H]1CCCN1)OCC2. The Morgan fingerprint density at radius 2 is 1.03 bits per heavy atom. The Bertz CT molecular complexity index is 1020. The van der Waals surface area contributed by atoms with Gasteiger partial charge in [-0.3, -0.25) is 0 Å². The number of ether oxygens (including phenoxy) is 6. The van der Waals surface area contributed by atoms with Crippen molar-refractivity contribution >= 4 is 0 Å². The first kappa shape index (κ1) is 22.7. The van der Waals surface area contributed by atoms with E-state index >= 15 is 0 Å². The van der Waals surface area contributed by atoms with Crippen LogP contribution in [0.2, 0.25) is 0 Å². The molecule has 0 aromatic heterocycles. The molecule has 2 aromatic rings. The monoisotopic (exact) mass is 494 g/mol. The lowest BCUT2D eigenvalue weighted by Crippen LogP contribution is -2.33. The maximum absolute atomic E-state index is 5.99. The Morgan fingerprint density at radius 3 is 1.44 bits per heavy atom. The van der Waals surface area contributed by atoms with Crippen molar-refractivity contribution in [3.05, 3.63) is 46.5 Å². The smallest absolute Gasteiger partial charge is 0.231 e. The third kappa shape index (κ3) is 4.20. The summed E-state index contributed by atoms with van der Waals surface area (Å²) in [5, 5.41) is 7.08. The molecule has 8 heteroatoms. The van der Waals surface area contributed by atoms with Gasteiger partial charge in [-0.05, 0) is 98.1 Å². The molecule has 192 valence electrons. The molecule has 2 fully saturated rings. The fourth-order valence-electron chi connectivity index (χ4n) is 6.34. The van der Waals surface area contributed by atoms with Crippen molar-refractivity contribution in [2.75, 3.05) is 39.9 Å². The van der Waals surface area contributed by atoms with Crippen LogP contribution in [0.3, 0.4) is 0 Å². The summed E-state index contributed by atoms with van der Waals surface area (Å²) in [7, 11) is 0. The van der Waals surface area contributed by atoms with Crippen molar-refractivity contribution in [1.82, 2.24) is 10.6 Å². The van der Waals surface area contributed by atoms with Gasteiger partial charge in [0.05, 0.1) is 25.4 Å². The van der Waals surface area contributed by atoms with Gasteiger partial charge in [0.25, 0.3) is 0 Å². The fourth-order valence-corrected chi connectivity index (χ4v) is 6.34. The van der Waals surface area contributed by atoms with Crippen LogP contribution in [0.25, 0.3) is 0 Å². The first-order valence-electron chi connectivity index (χ1n) is 13.4. The number of nitrogens with one attached hydrogen (secondary N) is 2. The average Bonchev–Trinajstić information content (AvgIpc) is 3.73. The lowest BCUT2D eigenvalue weighted by atomic mass is 9.92. The molecule has 8 rings (SSSR count). The third-order valence-electron chi connectivity index (χ3n) is 8.15. The van der Waals surface area contributed by atoms with E-state index in [0.717, 1.165) is 62.1 Å². The van der Waals surface area contributed by atoms with Gasteiger partial charge in [0.1, 0.15) is 0 Å². The van der Waals surface area contributed by atoms with Crippen LogP contribution in [0.15, 0.2) is 24.3 Å². The first-order chi connectivity index (χ1) is 17.8. The highest BCUT2D eigenvalue weighted by Crippen LogP contribution is 2.42. The number of fused-ring (bicyclic) bond motifs is 4. The molecule has 2 aromatic carbocycles. The van der Waals surface area contributed by atoms with Gasteiger partial charge < -0.3 is 39.1 Å². The molecule has 6 aliphatic heterocycles. The molecule has 0 saturated carbocycles. The van der Waals surface area contributed by atoms with Crippen molar-refractivity contribution in [3.63, 3.8) is 0 Å². The highest BCUT2D eigenvalue weighted by atomic mass is 16.7. The molecular weight excluding hydrogens is 460 g/mol. The average molecular weight is 495 g/mol. The molecule has 4 atom stereocenters. The van der Waals surface area contributed by atoms with Crippen LogP contribution >= 0.6 is 0 Å². The van der Waals surface area contributed by atoms with E-state index in [1.54, 1.807) is 0 Å². The highest BCUT2D eigenvalue weighted by Gasteiger charge is 2.34. The quantitative estimate of drug-likeness (QED) is 0.656. The van der Waals surface area contributed by atoms with Crippen molar-refractivity contribution < 1.29 is 28.4 Å². The van der Waals surface area contributed by atoms with Gasteiger partial charge in [0, 0.05) is 12.1 Å². The summed E-state index contributed by atoms with van der Waals surface area (Å²) in [4.78, 5) is 0. The Labute approximate surface area is 211 Å². The van der Waals surface area contributed by atoms with Crippen LogP contribution in [0.4, 0.5) is 0 Å². The Hall–Kier alpha value is -2.52. The zero-order valence-electron chi connectivity index (χ0n) is 20.6. The molecule has 0 aliphatic carbocycles. The van der Waals surface area contributed by atoms with Crippen molar-refractivity contribution in [1.29, 1.82) is 0 Å². The van der Waals surface area contributed by atoms with E-state index in [9.17, 15) is 0 Å². The molecule has 6 heterocycles. The van der Waals surface area contributed by atoms with Crippen molar-refractivity contribution in [2.24, 2.45) is 0 Å². The molecule has 8 nitrogen and oxygen atoms in total. The minimum absolute atomic E-state index is 0.172. The Morgan fingerprint density at radius 1 is 0.583 bits per heavy atom. The summed E-state index contributed by atoms with van der Waals surface area (Å²) in [6, 6.07) is 9.38. The van der Waals surface area contributed by atoms with Gasteiger partial charge in [-0.15, -0.1) is 0 Å². The van der Waals surface area contributed by atoms with Gasteiger partial charge >= 0.3 is 0 Å². The molecule has 6 aliphatic rings. The molecular formula is C28H34N2O6. The molecule has 36 heavy (non-hydrogen) atoms. The second-order valence-electron chi connectivity index (χ2n) is 10.3. The standard InChI is InChI=1S/2C14H17NO3/c2*1-2-11(15-4-1)14-10-7-13-12(17-8-18-13)6-9(10)3-5-16-14/h2*6-7,11,14-15H,1-5,8H2/t11-,14+;11-,14-/m00/s1. The minimum Gasteiger partial charge on any atom is -0.454 e. The second kappa shape index (κ2) is 9.74. The van der Waals surface area contributed by atoms with E-state index in [4.69, 9.17) is 28.4 Å². The van der Waals surface area contributed by atoms with E-state index < -0.39 is 0 Å². The van der Waals surface area contributed by atoms with Crippen LogP contribution in [-0.4, -0.2) is 52.0 Å². The number of benzene rings is 2. The molecule has 0 bridgehead atoms. The molecule has 2 N–H and O–H groups in total. The van der Waals surface area contributed by atoms with Gasteiger partial charge in [-0.25, -0.2) is 0 Å². The summed E-state index contributed by atoms with van der Waals surface area (Å²) in [5.41, 5.74) is 5.27. The van der Waals surface area contributed by atoms with Gasteiger partial charge in [-0.2, -0.15) is 0 Å². The second-order valence-corrected chi connectivity index (χ2v) is 10.3. The fraction of sp³-hybridized carbons (Fsp3) is 0.571. The Kier molecular flexibility index (Phi) is 6.13. The van der Waals surface area contributed by atoms with Crippen LogP contribution < -0.4 is 29.6 Å². The van der Waals surface area contributed by atoms with Crippen molar-refractivity contribution in [2.45, 2.75) is 62.8 Å². The van der Waals surface area contributed by atoms with Crippen LogP contribution in [0, 0.1) is 0 Å². The van der Waals surface area contributed by atoms with E-state index in [0.29, 0.717) is 25.7 Å². The minimum atomic E-state index is 0.172. The molecule has 0 radical (unpaired) electrons. The molecule has 0 amide bonds. The zero-order valence-corrected chi connectivity index (χ0v) is 20.6. The van der Waals surface area contributed by atoms with Crippen LogP contribution in [0.1, 0.15) is 60.1 Å². The number of rotatable bonds is 2. The maximum atomic E-state index is 5.99. The summed E-state index contributed by atoms with van der Waals surface area (Å²) < 4.78 is 33.8. The highest BCUT2D eigenvalue weighted by molar-refractivity contribution is 5.51. The summed E-state index contributed by atoms with van der Waals surface area (Å²) in [5.74, 6) is 3.49. The van der Waals surface area contributed by atoms with Crippen LogP contribution in [-0.2, 0) is 22.3 Å². The summed E-state index contributed by atoms with van der Waals surface area (Å²) in [6.07, 6.45) is 7.15. The number of hydrogen-bond donors (Lipinski definition) is 2. The lowest BCUT2D eigenvalue weighted by molar-refractivity contribution is 0.0197. The van der Waals surface area contributed by atoms with Gasteiger partial charge in [0.2, 0.25) is 13.6 Å². The van der Waals surface area contributed by atoms with Gasteiger partial charge in [-0.1, -0.05) is 0 Å². The van der Waals surface area contributed by atoms with Crippen LogP contribution in [0.5, 0.6) is 23.0 Å². The van der Waals surface area contributed by atoms with E-state index in [1.807, 2.05) is 0 Å². The molecule has 2 saturated heterocycles. The lowest BCUT2D eigenvalue weighted by Gasteiger charge is -2.30. The number of hydrogen-bond acceptors (Lipinski definition) is 8. The summed E-state index contributed by atoms with van der Waals surface area (Å²) in [6.45, 7) is 4.48. The Balaban J connectivity index is 0.000000122. The van der Waals surface area contributed by atoms with E-state index in [-0.39, 0.29) is 12.2 Å². The summed E-state index contributed by atoms with van der Waals surface area (Å²) >= 11 is 0. The normalized spacial score (nSPS) is 29.3. The maximum Gasteiger partial charge on any atom is 0.231 e. The van der Waals surface area contributed by atoms with Crippen molar-refractivity contribution in [3.8, 4) is 23.0 Å². The predicted molar refractivity (Wildman–Crippen MR) is 132 cm³/mol. The van der Waals surface area contributed by atoms with E-state index in [2.05, 4.69) is 34.9 Å². The predicted octanol–water partition coefficient (Wildman–Crippen LogP) is 3.56.